The molecule has 96 valence electrons. The second-order valence-electron chi connectivity index (χ2n) is 5.26. The Morgan fingerprint density at radius 3 is 2.70 bits per heavy atom. The van der Waals surface area contributed by atoms with Gasteiger partial charge in [0.1, 0.15) is 0 Å². The molecule has 2 aromatic carbocycles. The maximum atomic E-state index is 4.77. The predicted octanol–water partition coefficient (Wildman–Crippen LogP) is 4.42. The van der Waals surface area contributed by atoms with Gasteiger partial charge >= 0.3 is 0 Å². The van der Waals surface area contributed by atoms with Crippen molar-refractivity contribution in [2.24, 2.45) is 0 Å². The first-order chi connectivity index (χ1) is 9.90. The summed E-state index contributed by atoms with van der Waals surface area (Å²) in [6.07, 6.45) is 4.31. The molecule has 1 heterocycles. The maximum Gasteiger partial charge on any atom is 0.0705 e. The molecule has 1 nitrogen and oxygen atoms in total. The minimum absolute atomic E-state index is 0.918. The number of rotatable bonds is 2. The van der Waals surface area contributed by atoms with Crippen LogP contribution >= 0.6 is 0 Å². The van der Waals surface area contributed by atoms with Gasteiger partial charge in [0.15, 0.2) is 0 Å². The molecule has 0 spiro atoms. The average Bonchev–Trinajstić information content (AvgIpc) is 2.91. The van der Waals surface area contributed by atoms with E-state index in [2.05, 4.69) is 60.7 Å². The molecule has 20 heavy (non-hydrogen) atoms. The van der Waals surface area contributed by atoms with Gasteiger partial charge in [0.2, 0.25) is 0 Å². The van der Waals surface area contributed by atoms with Crippen LogP contribution in [0.15, 0.2) is 66.7 Å². The lowest BCUT2D eigenvalue weighted by Gasteiger charge is -2.06. The van der Waals surface area contributed by atoms with E-state index in [1.807, 2.05) is 6.07 Å². The summed E-state index contributed by atoms with van der Waals surface area (Å²) in [6, 6.07) is 21.3. The van der Waals surface area contributed by atoms with Crippen LogP contribution in [0.1, 0.15) is 16.8 Å². The molecule has 0 N–H and O–H groups in total. The fourth-order valence-corrected chi connectivity index (χ4v) is 2.92. The Hall–Kier alpha value is -2.41. The number of fused-ring (bicyclic) bond motifs is 2. The van der Waals surface area contributed by atoms with E-state index in [1.165, 1.54) is 22.1 Å². The first-order valence-electron chi connectivity index (χ1n) is 7.02. The topological polar surface area (TPSA) is 12.9 Å². The largest absolute Gasteiger partial charge is 0.252 e. The van der Waals surface area contributed by atoms with Crippen molar-refractivity contribution in [1.29, 1.82) is 0 Å². The summed E-state index contributed by atoms with van der Waals surface area (Å²) >= 11 is 0. The van der Waals surface area contributed by atoms with Crippen LogP contribution in [0.2, 0.25) is 0 Å². The molecule has 1 aliphatic rings. The van der Waals surface area contributed by atoms with Gasteiger partial charge in [0, 0.05) is 17.5 Å². The third-order valence-electron chi connectivity index (χ3n) is 3.96. The van der Waals surface area contributed by atoms with E-state index >= 15 is 0 Å². The second kappa shape index (κ2) is 4.61. The molecule has 0 atom stereocenters. The van der Waals surface area contributed by atoms with Crippen LogP contribution in [-0.4, -0.2) is 4.98 Å². The molecule has 1 heteroatoms. The van der Waals surface area contributed by atoms with E-state index in [-0.39, 0.29) is 0 Å². The number of hydrogen-bond acceptors (Lipinski definition) is 1. The number of benzene rings is 2. The van der Waals surface area contributed by atoms with Gasteiger partial charge in [-0.05, 0) is 35.3 Å². The summed E-state index contributed by atoms with van der Waals surface area (Å²) in [7, 11) is 0. The highest BCUT2D eigenvalue weighted by Crippen LogP contribution is 2.29. The van der Waals surface area contributed by atoms with E-state index in [0.29, 0.717) is 0 Å². The number of nitrogens with zero attached hydrogens (tertiary/aromatic N) is 1. The van der Waals surface area contributed by atoms with Crippen molar-refractivity contribution in [3.63, 3.8) is 0 Å². The molecule has 0 amide bonds. The molecule has 0 bridgehead atoms. The van der Waals surface area contributed by atoms with Gasteiger partial charge in [-0.15, -0.1) is 0 Å². The molecule has 0 saturated heterocycles. The summed E-state index contributed by atoms with van der Waals surface area (Å²) in [5.41, 5.74) is 6.46. The van der Waals surface area contributed by atoms with E-state index in [4.69, 9.17) is 4.98 Å². The Balaban J connectivity index is 1.69. The number of pyridine rings is 1. The Morgan fingerprint density at radius 1 is 0.850 bits per heavy atom. The van der Waals surface area contributed by atoms with Gasteiger partial charge in [0.05, 0.1) is 5.52 Å². The van der Waals surface area contributed by atoms with Gasteiger partial charge in [-0.25, -0.2) is 0 Å². The lowest BCUT2D eigenvalue weighted by molar-refractivity contribution is 1.16. The summed E-state index contributed by atoms with van der Waals surface area (Å²) in [5.74, 6) is 0. The first kappa shape index (κ1) is 11.4. The summed E-state index contributed by atoms with van der Waals surface area (Å²) in [4.78, 5) is 4.77. The van der Waals surface area contributed by atoms with Crippen molar-refractivity contribution < 1.29 is 0 Å². The quantitative estimate of drug-likeness (QED) is 0.662. The van der Waals surface area contributed by atoms with Crippen LogP contribution in [0.5, 0.6) is 0 Å². The van der Waals surface area contributed by atoms with Gasteiger partial charge in [-0.2, -0.15) is 0 Å². The monoisotopic (exact) mass is 257 g/mol. The van der Waals surface area contributed by atoms with Crippen LogP contribution in [0.25, 0.3) is 16.5 Å². The molecular weight excluding hydrogens is 242 g/mol. The number of aromatic nitrogens is 1. The Labute approximate surface area is 118 Å². The van der Waals surface area contributed by atoms with Gasteiger partial charge in [-0.3, -0.25) is 4.98 Å². The van der Waals surface area contributed by atoms with Crippen LogP contribution in [0.3, 0.4) is 0 Å². The third-order valence-corrected chi connectivity index (χ3v) is 3.96. The molecule has 0 unspecified atom stereocenters. The lowest BCUT2D eigenvalue weighted by atomic mass is 10.0. The minimum atomic E-state index is 0.918. The summed E-state index contributed by atoms with van der Waals surface area (Å²) < 4.78 is 0. The Bertz CT molecular complexity index is 815. The van der Waals surface area contributed by atoms with E-state index in [0.717, 1.165) is 24.1 Å². The maximum absolute atomic E-state index is 4.77. The molecule has 4 rings (SSSR count). The zero-order valence-corrected chi connectivity index (χ0v) is 11.2. The van der Waals surface area contributed by atoms with Gasteiger partial charge in [0.25, 0.3) is 0 Å². The van der Waals surface area contributed by atoms with E-state index in [9.17, 15) is 0 Å². The third kappa shape index (κ3) is 1.92. The standard InChI is InChI=1S/C19H15N/c1-3-7-18-14(5-1)9-10-16(18)13-17-12-11-15-6-2-4-8-19(15)20-17/h1-8,10-12H,9,13H2. The highest BCUT2D eigenvalue weighted by Gasteiger charge is 2.13. The highest BCUT2D eigenvalue weighted by atomic mass is 14.7. The fraction of sp³-hybridized carbons (Fsp3) is 0.105. The van der Waals surface area contributed by atoms with Crippen molar-refractivity contribution >= 4 is 16.5 Å². The van der Waals surface area contributed by atoms with E-state index < -0.39 is 0 Å². The van der Waals surface area contributed by atoms with Crippen molar-refractivity contribution in [3.8, 4) is 0 Å². The van der Waals surface area contributed by atoms with E-state index in [1.54, 1.807) is 0 Å². The average molecular weight is 257 g/mol. The summed E-state index contributed by atoms with van der Waals surface area (Å²) in [6.45, 7) is 0. The number of hydrogen-bond donors (Lipinski definition) is 0. The van der Waals surface area contributed by atoms with Crippen molar-refractivity contribution in [2.75, 3.05) is 0 Å². The van der Waals surface area contributed by atoms with Gasteiger partial charge in [-0.1, -0.05) is 54.6 Å². The molecule has 0 fully saturated rings. The summed E-state index contributed by atoms with van der Waals surface area (Å²) in [5, 5.41) is 1.21. The first-order valence-corrected chi connectivity index (χ1v) is 7.02. The lowest BCUT2D eigenvalue weighted by Crippen LogP contribution is -1.93. The Kier molecular flexibility index (Phi) is 2.63. The fourth-order valence-electron chi connectivity index (χ4n) is 2.92. The SMILES string of the molecule is C1=C(Cc2ccc3ccccc3n2)c2ccccc2C1. The molecule has 0 saturated carbocycles. The van der Waals surface area contributed by atoms with Crippen molar-refractivity contribution in [1.82, 2.24) is 4.98 Å². The van der Waals surface area contributed by atoms with Crippen LogP contribution < -0.4 is 0 Å². The molecule has 0 radical (unpaired) electrons. The second-order valence-corrected chi connectivity index (χ2v) is 5.26. The number of para-hydroxylation sites is 1. The molecule has 3 aromatic rings. The molecular formula is C19H15N. The van der Waals surface area contributed by atoms with Crippen LogP contribution in [-0.2, 0) is 12.8 Å². The highest BCUT2D eigenvalue weighted by molar-refractivity contribution is 5.79. The normalized spacial score (nSPS) is 13.3. The Morgan fingerprint density at radius 2 is 1.70 bits per heavy atom. The molecule has 1 aliphatic carbocycles. The number of allylic oxidation sites excluding steroid dienone is 2. The zero-order chi connectivity index (χ0) is 13.4. The zero-order valence-electron chi connectivity index (χ0n) is 11.2. The smallest absolute Gasteiger partial charge is 0.0705 e. The van der Waals surface area contributed by atoms with Crippen molar-refractivity contribution in [2.45, 2.75) is 12.8 Å². The van der Waals surface area contributed by atoms with Crippen molar-refractivity contribution in [3.05, 3.63) is 83.6 Å². The van der Waals surface area contributed by atoms with Crippen LogP contribution in [0, 0.1) is 0 Å². The predicted molar refractivity (Wildman–Crippen MR) is 83.6 cm³/mol. The molecule has 1 aromatic heterocycles. The van der Waals surface area contributed by atoms with Gasteiger partial charge < -0.3 is 0 Å². The molecule has 0 aliphatic heterocycles. The minimum Gasteiger partial charge on any atom is -0.252 e. The van der Waals surface area contributed by atoms with Crippen LogP contribution in [0.4, 0.5) is 0 Å².